The first kappa shape index (κ1) is 13.8. The molecule has 3 atom stereocenters. The Morgan fingerprint density at radius 1 is 1.11 bits per heavy atom. The minimum absolute atomic E-state index is 0.591. The number of nitrogens with zero attached hydrogens (tertiary/aromatic N) is 1. The second-order valence-corrected chi connectivity index (χ2v) is 6.88. The normalized spacial score (nSPS) is 33.9. The molecule has 0 amide bonds. The van der Waals surface area contributed by atoms with Gasteiger partial charge in [-0.2, -0.15) is 0 Å². The third kappa shape index (κ3) is 3.71. The summed E-state index contributed by atoms with van der Waals surface area (Å²) in [4.78, 5) is 2.71. The van der Waals surface area contributed by atoms with Crippen molar-refractivity contribution in [2.75, 3.05) is 33.4 Å². The molecule has 3 aliphatic rings. The first-order valence-electron chi connectivity index (χ1n) is 8.33. The summed E-state index contributed by atoms with van der Waals surface area (Å²) in [6, 6.07) is 1.40. The maximum absolute atomic E-state index is 5.46. The van der Waals surface area contributed by atoms with E-state index in [0.29, 0.717) is 6.04 Å². The fourth-order valence-corrected chi connectivity index (χ4v) is 4.04. The lowest BCUT2D eigenvalue weighted by Gasteiger charge is -2.44. The second kappa shape index (κ2) is 6.55. The average molecular weight is 266 g/mol. The van der Waals surface area contributed by atoms with Gasteiger partial charge >= 0.3 is 0 Å². The summed E-state index contributed by atoms with van der Waals surface area (Å²) >= 11 is 0. The van der Waals surface area contributed by atoms with Crippen molar-refractivity contribution in [2.24, 2.45) is 11.8 Å². The third-order valence-corrected chi connectivity index (χ3v) is 5.42. The lowest BCUT2D eigenvalue weighted by Crippen LogP contribution is -2.52. The Kier molecular flexibility index (Phi) is 4.78. The highest BCUT2D eigenvalue weighted by atomic mass is 16.5. The summed E-state index contributed by atoms with van der Waals surface area (Å²) in [5, 5.41) is 3.69. The molecule has 2 saturated carbocycles. The van der Waals surface area contributed by atoms with Crippen molar-refractivity contribution < 1.29 is 4.74 Å². The van der Waals surface area contributed by atoms with E-state index in [-0.39, 0.29) is 0 Å². The molecule has 1 N–H and O–H groups in total. The van der Waals surface area contributed by atoms with Crippen LogP contribution in [-0.4, -0.2) is 50.3 Å². The van der Waals surface area contributed by atoms with E-state index in [1.165, 1.54) is 58.0 Å². The maximum atomic E-state index is 5.46. The molecule has 3 fully saturated rings. The number of ether oxygens (including phenoxy) is 1. The van der Waals surface area contributed by atoms with E-state index in [2.05, 4.69) is 10.2 Å². The van der Waals surface area contributed by atoms with Crippen molar-refractivity contribution in [3.05, 3.63) is 0 Å². The Morgan fingerprint density at radius 3 is 2.63 bits per heavy atom. The van der Waals surface area contributed by atoms with Gasteiger partial charge in [0.2, 0.25) is 0 Å². The number of likely N-dealkylation sites (tertiary alicyclic amines) is 1. The lowest BCUT2D eigenvalue weighted by atomic mass is 9.75. The third-order valence-electron chi connectivity index (χ3n) is 5.42. The number of hydrogen-bond acceptors (Lipinski definition) is 3. The summed E-state index contributed by atoms with van der Waals surface area (Å²) < 4.78 is 5.46. The number of methoxy groups -OCH3 is 1. The Hall–Kier alpha value is -0.120. The molecule has 1 aliphatic heterocycles. The van der Waals surface area contributed by atoms with Gasteiger partial charge in [0.15, 0.2) is 0 Å². The van der Waals surface area contributed by atoms with Crippen LogP contribution < -0.4 is 5.32 Å². The van der Waals surface area contributed by atoms with Crippen LogP contribution in [0.1, 0.15) is 44.9 Å². The summed E-state index contributed by atoms with van der Waals surface area (Å²) in [5.74, 6) is 2.01. The van der Waals surface area contributed by atoms with Crippen LogP contribution in [0.3, 0.4) is 0 Å². The fourth-order valence-electron chi connectivity index (χ4n) is 4.04. The Labute approximate surface area is 118 Å². The number of piperidine rings is 1. The first-order chi connectivity index (χ1) is 9.36. The van der Waals surface area contributed by atoms with Gasteiger partial charge in [-0.05, 0) is 44.1 Å². The van der Waals surface area contributed by atoms with Crippen molar-refractivity contribution in [3.8, 4) is 0 Å². The first-order valence-corrected chi connectivity index (χ1v) is 8.33. The van der Waals surface area contributed by atoms with Crippen LogP contribution in [0, 0.1) is 11.8 Å². The van der Waals surface area contributed by atoms with Crippen LogP contribution in [0.25, 0.3) is 0 Å². The van der Waals surface area contributed by atoms with Gasteiger partial charge in [-0.3, -0.25) is 4.90 Å². The van der Waals surface area contributed by atoms with Gasteiger partial charge in [0.1, 0.15) is 0 Å². The molecule has 0 bridgehead atoms. The predicted octanol–water partition coefficient (Wildman–Crippen LogP) is 2.27. The van der Waals surface area contributed by atoms with Gasteiger partial charge in [-0.1, -0.05) is 19.3 Å². The zero-order valence-corrected chi connectivity index (χ0v) is 12.4. The number of nitrogens with one attached hydrogen (secondary N) is 1. The molecule has 3 rings (SSSR count). The monoisotopic (exact) mass is 266 g/mol. The van der Waals surface area contributed by atoms with Crippen LogP contribution in [0.4, 0.5) is 0 Å². The lowest BCUT2D eigenvalue weighted by molar-refractivity contribution is 0.0244. The minimum Gasteiger partial charge on any atom is -0.383 e. The van der Waals surface area contributed by atoms with E-state index < -0.39 is 0 Å². The number of hydrogen-bond donors (Lipinski definition) is 1. The van der Waals surface area contributed by atoms with Gasteiger partial charge in [-0.15, -0.1) is 0 Å². The molecule has 0 aromatic carbocycles. The van der Waals surface area contributed by atoms with E-state index in [1.807, 2.05) is 7.11 Å². The van der Waals surface area contributed by atoms with Crippen LogP contribution >= 0.6 is 0 Å². The molecule has 2 aliphatic carbocycles. The van der Waals surface area contributed by atoms with Crippen LogP contribution in [0.5, 0.6) is 0 Å². The van der Waals surface area contributed by atoms with Gasteiger partial charge in [0.05, 0.1) is 6.61 Å². The van der Waals surface area contributed by atoms with Gasteiger partial charge in [0.25, 0.3) is 0 Å². The predicted molar refractivity (Wildman–Crippen MR) is 78.3 cm³/mol. The molecule has 0 spiro atoms. The molecule has 110 valence electrons. The standard InChI is InChI=1S/C16H30N2O/c1-19-12-16(10-17-15-6-7-15)18-9-8-13-4-2-3-5-14(13)11-18/h13-17H,2-12H2,1H3. The Bertz CT molecular complexity index is 280. The summed E-state index contributed by atoms with van der Waals surface area (Å²) in [6.45, 7) is 4.62. The summed E-state index contributed by atoms with van der Waals surface area (Å²) in [7, 11) is 1.84. The Morgan fingerprint density at radius 2 is 1.89 bits per heavy atom. The molecule has 19 heavy (non-hydrogen) atoms. The van der Waals surface area contributed by atoms with Crippen LogP contribution in [0.15, 0.2) is 0 Å². The molecular formula is C16H30N2O. The molecule has 3 unspecified atom stereocenters. The van der Waals surface area contributed by atoms with Gasteiger partial charge in [0, 0.05) is 32.3 Å². The number of fused-ring (bicyclic) bond motifs is 1. The highest BCUT2D eigenvalue weighted by Crippen LogP contribution is 2.36. The minimum atomic E-state index is 0.591. The maximum Gasteiger partial charge on any atom is 0.0630 e. The van der Waals surface area contributed by atoms with Gasteiger partial charge < -0.3 is 10.1 Å². The Balaban J connectivity index is 1.52. The molecule has 0 aromatic rings. The summed E-state index contributed by atoms with van der Waals surface area (Å²) in [5.41, 5.74) is 0. The molecule has 1 saturated heterocycles. The molecule has 3 nitrogen and oxygen atoms in total. The second-order valence-electron chi connectivity index (χ2n) is 6.88. The zero-order valence-electron chi connectivity index (χ0n) is 12.4. The fraction of sp³-hybridized carbons (Fsp3) is 1.00. The van der Waals surface area contributed by atoms with Crippen molar-refractivity contribution in [1.82, 2.24) is 10.2 Å². The highest BCUT2D eigenvalue weighted by molar-refractivity contribution is 4.89. The van der Waals surface area contributed by atoms with E-state index in [9.17, 15) is 0 Å². The zero-order chi connectivity index (χ0) is 13.1. The van der Waals surface area contributed by atoms with E-state index >= 15 is 0 Å². The quantitative estimate of drug-likeness (QED) is 0.798. The van der Waals surface area contributed by atoms with Crippen LogP contribution in [0.2, 0.25) is 0 Å². The van der Waals surface area contributed by atoms with Crippen molar-refractivity contribution >= 4 is 0 Å². The topological polar surface area (TPSA) is 24.5 Å². The van der Waals surface area contributed by atoms with E-state index in [1.54, 1.807) is 0 Å². The van der Waals surface area contributed by atoms with E-state index in [4.69, 9.17) is 4.74 Å². The smallest absolute Gasteiger partial charge is 0.0630 e. The van der Waals surface area contributed by atoms with Gasteiger partial charge in [-0.25, -0.2) is 0 Å². The largest absolute Gasteiger partial charge is 0.383 e. The van der Waals surface area contributed by atoms with Crippen molar-refractivity contribution in [3.63, 3.8) is 0 Å². The average Bonchev–Trinajstić information content (AvgIpc) is 3.27. The highest BCUT2D eigenvalue weighted by Gasteiger charge is 2.34. The number of rotatable bonds is 6. The molecule has 0 aromatic heterocycles. The molecule has 3 heteroatoms. The molecule has 1 heterocycles. The molecular weight excluding hydrogens is 236 g/mol. The summed E-state index contributed by atoms with van der Waals surface area (Å²) in [6.07, 6.45) is 10.1. The van der Waals surface area contributed by atoms with Crippen LogP contribution in [-0.2, 0) is 4.74 Å². The SMILES string of the molecule is COCC(CNC1CC1)N1CCC2CCCCC2C1. The van der Waals surface area contributed by atoms with Crippen molar-refractivity contribution in [2.45, 2.75) is 57.0 Å². The van der Waals surface area contributed by atoms with Crippen molar-refractivity contribution in [1.29, 1.82) is 0 Å². The van der Waals surface area contributed by atoms with E-state index in [0.717, 1.165) is 31.0 Å². The molecule has 0 radical (unpaired) electrons.